The number of carbonyl (C=O) groups excluding carboxylic acids is 1. The molecule has 246 valence electrons. The van der Waals surface area contributed by atoms with Crippen LogP contribution in [0.2, 0.25) is 0 Å². The molecule has 5 aromatic carbocycles. The van der Waals surface area contributed by atoms with Crippen LogP contribution in [0.4, 0.5) is 28.4 Å². The first-order chi connectivity index (χ1) is 22.7. The van der Waals surface area contributed by atoms with Crippen LogP contribution in [-0.4, -0.2) is 39.5 Å². The summed E-state index contributed by atoms with van der Waals surface area (Å²) in [6.07, 6.45) is 0. The molecule has 48 heavy (non-hydrogen) atoms. The zero-order valence-electron chi connectivity index (χ0n) is 26.0. The number of nitrogens with one attached hydrogen (secondary N) is 1. The lowest BCUT2D eigenvalue weighted by Gasteiger charge is -2.13. The average Bonchev–Trinajstić information content (AvgIpc) is 3.03. The van der Waals surface area contributed by atoms with E-state index >= 15 is 0 Å². The summed E-state index contributed by atoms with van der Waals surface area (Å²) in [5, 5.41) is 30.6. The molecule has 0 aromatic heterocycles. The van der Waals surface area contributed by atoms with Crippen LogP contribution in [0.25, 0.3) is 10.8 Å². The van der Waals surface area contributed by atoms with Gasteiger partial charge in [0.05, 0.1) is 34.0 Å². The molecule has 0 aliphatic carbocycles. The molecular formula is C33H29N5O8S2. The highest BCUT2D eigenvalue weighted by atomic mass is 32.2. The van der Waals surface area contributed by atoms with Gasteiger partial charge in [0, 0.05) is 18.4 Å². The molecule has 0 saturated heterocycles. The second-order valence-electron chi connectivity index (χ2n) is 10.7. The number of azo groups is 2. The van der Waals surface area contributed by atoms with Crippen LogP contribution in [0, 0.1) is 13.8 Å². The number of benzene rings is 5. The van der Waals surface area contributed by atoms with Crippen molar-refractivity contribution in [3.05, 3.63) is 96.1 Å². The molecule has 3 N–H and O–H groups in total. The fourth-order valence-electron chi connectivity index (χ4n) is 4.76. The minimum absolute atomic E-state index is 0.0914. The quantitative estimate of drug-likeness (QED) is 0.102. The Labute approximate surface area is 276 Å². The number of anilines is 1. The van der Waals surface area contributed by atoms with E-state index in [9.17, 15) is 31.3 Å². The third-order valence-corrected chi connectivity index (χ3v) is 9.83. The standard InChI is InChI=1S/C33H29N5O8S2/c1-19-8-12-24(13-9-19)47(41,42)25-14-10-23(11-15-25)35-36-27-18-29(46-4)28(16-20(27)2)37-38-32-30(48(43,44)45)17-22-6-5-7-26(34-21(3)39)31(22)33(32)40/h5-18,40H,1-4H3,(H,34,39)(H,43,44,45). The Morgan fingerprint density at radius 1 is 0.792 bits per heavy atom. The minimum Gasteiger partial charge on any atom is -0.505 e. The van der Waals surface area contributed by atoms with Gasteiger partial charge in [-0.1, -0.05) is 29.8 Å². The van der Waals surface area contributed by atoms with E-state index in [-0.39, 0.29) is 37.7 Å². The van der Waals surface area contributed by atoms with E-state index in [1.54, 1.807) is 43.3 Å². The number of fused-ring (bicyclic) bond motifs is 1. The van der Waals surface area contributed by atoms with Crippen molar-refractivity contribution in [3.8, 4) is 11.5 Å². The summed E-state index contributed by atoms with van der Waals surface area (Å²) in [6, 6.07) is 21.2. The monoisotopic (exact) mass is 687 g/mol. The Morgan fingerprint density at radius 3 is 2.02 bits per heavy atom. The van der Waals surface area contributed by atoms with Gasteiger partial charge < -0.3 is 15.2 Å². The average molecular weight is 688 g/mol. The van der Waals surface area contributed by atoms with Crippen molar-refractivity contribution in [2.24, 2.45) is 20.5 Å². The van der Waals surface area contributed by atoms with Gasteiger partial charge in [-0.05, 0) is 79.4 Å². The first-order valence-corrected chi connectivity index (χ1v) is 17.1. The van der Waals surface area contributed by atoms with E-state index in [4.69, 9.17) is 4.74 Å². The van der Waals surface area contributed by atoms with Crippen molar-refractivity contribution >= 4 is 65.1 Å². The number of phenols is 1. The molecule has 5 rings (SSSR count). The number of carbonyl (C=O) groups is 1. The van der Waals surface area contributed by atoms with E-state index in [1.807, 2.05) is 6.92 Å². The number of ether oxygens (including phenoxy) is 1. The highest BCUT2D eigenvalue weighted by Gasteiger charge is 2.24. The third kappa shape index (κ3) is 7.07. The molecule has 0 aliphatic heterocycles. The molecule has 0 bridgehead atoms. The Bertz CT molecular complexity index is 2340. The van der Waals surface area contributed by atoms with Gasteiger partial charge in [-0.25, -0.2) is 8.42 Å². The summed E-state index contributed by atoms with van der Waals surface area (Å²) in [5.41, 5.74) is 2.06. The lowest BCUT2D eigenvalue weighted by molar-refractivity contribution is -0.114. The first kappa shape index (κ1) is 33.8. The lowest BCUT2D eigenvalue weighted by atomic mass is 10.1. The van der Waals surface area contributed by atoms with Crippen LogP contribution in [0.5, 0.6) is 11.5 Å². The summed E-state index contributed by atoms with van der Waals surface area (Å²) in [7, 11) is -7.21. The largest absolute Gasteiger partial charge is 0.505 e. The normalized spacial score (nSPS) is 12.2. The molecule has 0 fully saturated rings. The number of aromatic hydroxyl groups is 1. The second-order valence-corrected chi connectivity index (χ2v) is 14.0. The topological polar surface area (TPSA) is 197 Å². The van der Waals surface area contributed by atoms with E-state index in [1.165, 1.54) is 56.5 Å². The van der Waals surface area contributed by atoms with Gasteiger partial charge >= 0.3 is 0 Å². The van der Waals surface area contributed by atoms with Crippen molar-refractivity contribution < 1.29 is 36.0 Å². The van der Waals surface area contributed by atoms with Gasteiger partial charge in [-0.3, -0.25) is 9.35 Å². The number of amides is 1. The Hall–Kier alpha value is -5.51. The fourth-order valence-corrected chi connectivity index (χ4v) is 6.68. The van der Waals surface area contributed by atoms with E-state index in [0.29, 0.717) is 16.9 Å². The zero-order chi connectivity index (χ0) is 34.8. The van der Waals surface area contributed by atoms with Crippen LogP contribution in [0.15, 0.2) is 120 Å². The smallest absolute Gasteiger partial charge is 0.296 e. The SMILES string of the molecule is COc1cc(N=Nc2ccc(S(=O)(=O)c3ccc(C)cc3)cc2)c(C)cc1N=Nc1c(S(=O)(=O)O)cc2cccc(NC(C)=O)c2c1O. The fraction of sp³-hybridized carbons (Fsp3) is 0.121. The zero-order valence-corrected chi connectivity index (χ0v) is 27.7. The molecule has 15 heteroatoms. The van der Waals surface area contributed by atoms with Crippen LogP contribution >= 0.6 is 0 Å². The molecule has 0 saturated carbocycles. The van der Waals surface area contributed by atoms with Crippen LogP contribution < -0.4 is 10.1 Å². The minimum atomic E-state index is -4.87. The van der Waals surface area contributed by atoms with Crippen molar-refractivity contribution in [2.45, 2.75) is 35.5 Å². The maximum Gasteiger partial charge on any atom is 0.296 e. The molecule has 0 unspecified atom stereocenters. The second kappa shape index (κ2) is 13.3. The van der Waals surface area contributed by atoms with Crippen LogP contribution in [0.3, 0.4) is 0 Å². The van der Waals surface area contributed by atoms with Gasteiger partial charge in [-0.2, -0.15) is 18.6 Å². The molecule has 0 spiro atoms. The van der Waals surface area contributed by atoms with Crippen molar-refractivity contribution in [1.29, 1.82) is 0 Å². The van der Waals surface area contributed by atoms with Crippen LogP contribution in [-0.2, 0) is 24.7 Å². The summed E-state index contributed by atoms with van der Waals surface area (Å²) in [4.78, 5) is 11.3. The number of hydrogen-bond acceptors (Lipinski definition) is 11. The summed E-state index contributed by atoms with van der Waals surface area (Å²) in [6.45, 7) is 4.86. The highest BCUT2D eigenvalue weighted by molar-refractivity contribution is 7.91. The Morgan fingerprint density at radius 2 is 1.42 bits per heavy atom. The van der Waals surface area contributed by atoms with E-state index in [0.717, 1.165) is 11.6 Å². The lowest BCUT2D eigenvalue weighted by Crippen LogP contribution is -2.06. The Kier molecular flexibility index (Phi) is 9.38. The molecule has 0 atom stereocenters. The van der Waals surface area contributed by atoms with Crippen molar-refractivity contribution in [2.75, 3.05) is 12.4 Å². The van der Waals surface area contributed by atoms with Gasteiger partial charge in [0.15, 0.2) is 5.75 Å². The first-order valence-electron chi connectivity index (χ1n) is 14.2. The molecule has 0 aliphatic rings. The number of aryl methyl sites for hydroxylation is 2. The number of nitrogens with zero attached hydrogens (tertiary/aromatic N) is 4. The molecule has 13 nitrogen and oxygen atoms in total. The van der Waals surface area contributed by atoms with Crippen molar-refractivity contribution in [1.82, 2.24) is 0 Å². The van der Waals surface area contributed by atoms with Gasteiger partial charge in [0.2, 0.25) is 15.7 Å². The van der Waals surface area contributed by atoms with Gasteiger partial charge in [-0.15, -0.1) is 10.2 Å². The summed E-state index contributed by atoms with van der Waals surface area (Å²) >= 11 is 0. The van der Waals surface area contributed by atoms with Gasteiger partial charge in [0.1, 0.15) is 22.0 Å². The van der Waals surface area contributed by atoms with Crippen LogP contribution in [0.1, 0.15) is 18.1 Å². The predicted octanol–water partition coefficient (Wildman–Crippen LogP) is 8.04. The Balaban J connectivity index is 1.47. The molecular weight excluding hydrogens is 659 g/mol. The van der Waals surface area contributed by atoms with E-state index < -0.39 is 42.2 Å². The number of sulfone groups is 1. The number of phenolic OH excluding ortho intramolecular Hbond substituents is 1. The number of hydrogen-bond donors (Lipinski definition) is 3. The maximum atomic E-state index is 13.0. The third-order valence-electron chi connectivity index (χ3n) is 7.17. The highest BCUT2D eigenvalue weighted by Crippen LogP contribution is 2.45. The number of methoxy groups -OCH3 is 1. The maximum absolute atomic E-state index is 13.0. The molecule has 1 amide bonds. The summed E-state index contributed by atoms with van der Waals surface area (Å²) in [5.74, 6) is -0.887. The predicted molar refractivity (Wildman–Crippen MR) is 179 cm³/mol. The van der Waals surface area contributed by atoms with Gasteiger partial charge in [0.25, 0.3) is 10.1 Å². The number of rotatable bonds is 9. The van der Waals surface area contributed by atoms with E-state index in [2.05, 4.69) is 25.8 Å². The summed E-state index contributed by atoms with van der Waals surface area (Å²) < 4.78 is 65.9. The molecule has 0 heterocycles. The van der Waals surface area contributed by atoms with Crippen molar-refractivity contribution in [3.63, 3.8) is 0 Å². The molecule has 5 aromatic rings. The molecule has 0 radical (unpaired) electrons.